The molecule has 0 amide bonds. The van der Waals surface area contributed by atoms with E-state index < -0.39 is 0 Å². The zero-order valence-electron chi connectivity index (χ0n) is 15.8. The summed E-state index contributed by atoms with van der Waals surface area (Å²) in [4.78, 5) is 10.9. The maximum absolute atomic E-state index is 5.57. The second-order valence-corrected chi connectivity index (χ2v) is 6.31. The number of nitrogens with one attached hydrogen (secondary N) is 2. The largest absolute Gasteiger partial charge is 0.444 e. The van der Waals surface area contributed by atoms with Gasteiger partial charge in [0.1, 0.15) is 5.76 Å². The predicted octanol–water partition coefficient (Wildman–Crippen LogP) is 2.48. The van der Waals surface area contributed by atoms with Crippen molar-refractivity contribution in [3.8, 4) is 0 Å². The van der Waals surface area contributed by atoms with E-state index in [-0.39, 0.29) is 0 Å². The van der Waals surface area contributed by atoms with Gasteiger partial charge in [0.05, 0.1) is 12.2 Å². The Morgan fingerprint density at radius 2 is 1.96 bits per heavy atom. The highest BCUT2D eigenvalue weighted by atomic mass is 16.4. The lowest BCUT2D eigenvalue weighted by Crippen LogP contribution is -2.44. The molecule has 1 aromatic carbocycles. The zero-order valence-corrected chi connectivity index (χ0v) is 15.8. The number of likely N-dealkylation sites (N-methyl/N-ethyl adjacent to an activating group) is 1. The minimum atomic E-state index is 0.366. The Labute approximate surface area is 150 Å². The van der Waals surface area contributed by atoms with Crippen molar-refractivity contribution in [3.05, 3.63) is 53.2 Å². The average molecular weight is 343 g/mol. The van der Waals surface area contributed by atoms with Crippen molar-refractivity contribution in [1.82, 2.24) is 20.5 Å². The third-order valence-electron chi connectivity index (χ3n) is 4.30. The van der Waals surface area contributed by atoms with Crippen molar-refractivity contribution in [2.75, 3.05) is 20.6 Å². The van der Waals surface area contributed by atoms with E-state index in [4.69, 9.17) is 4.42 Å². The van der Waals surface area contributed by atoms with E-state index >= 15 is 0 Å². The summed E-state index contributed by atoms with van der Waals surface area (Å²) in [6, 6.07) is 10.9. The number of guanidine groups is 1. The Kier molecular flexibility index (Phi) is 7.01. The Balaban J connectivity index is 1.77. The first-order valence-corrected chi connectivity index (χ1v) is 8.61. The summed E-state index contributed by atoms with van der Waals surface area (Å²) in [6.45, 7) is 8.30. The van der Waals surface area contributed by atoms with Gasteiger partial charge in [-0.05, 0) is 33.4 Å². The van der Waals surface area contributed by atoms with Gasteiger partial charge in [0.15, 0.2) is 5.96 Å². The average Bonchev–Trinajstić information content (AvgIpc) is 2.93. The molecular formula is C19H29N5O. The van der Waals surface area contributed by atoms with E-state index in [0.29, 0.717) is 18.5 Å². The molecule has 0 aliphatic rings. The van der Waals surface area contributed by atoms with Crippen molar-refractivity contribution < 1.29 is 4.42 Å². The van der Waals surface area contributed by atoms with E-state index in [1.54, 1.807) is 7.05 Å². The van der Waals surface area contributed by atoms with Crippen LogP contribution in [0.2, 0.25) is 0 Å². The summed E-state index contributed by atoms with van der Waals surface area (Å²) in [5, 5.41) is 6.59. The molecule has 0 saturated carbocycles. The van der Waals surface area contributed by atoms with Crippen LogP contribution in [-0.4, -0.2) is 42.5 Å². The molecule has 2 rings (SSSR count). The maximum Gasteiger partial charge on any atom is 0.214 e. The number of hydrogen-bond donors (Lipinski definition) is 2. The Bertz CT molecular complexity index is 661. The normalized spacial score (nSPS) is 13.1. The molecule has 25 heavy (non-hydrogen) atoms. The van der Waals surface area contributed by atoms with E-state index in [1.165, 1.54) is 5.56 Å². The molecule has 1 atom stereocenters. The minimum Gasteiger partial charge on any atom is -0.444 e. The van der Waals surface area contributed by atoms with Gasteiger partial charge >= 0.3 is 0 Å². The highest BCUT2D eigenvalue weighted by Gasteiger charge is 2.11. The fourth-order valence-corrected chi connectivity index (χ4v) is 2.42. The lowest BCUT2D eigenvalue weighted by molar-refractivity contribution is 0.249. The van der Waals surface area contributed by atoms with E-state index in [9.17, 15) is 0 Å². The van der Waals surface area contributed by atoms with Crippen LogP contribution in [0.5, 0.6) is 0 Å². The van der Waals surface area contributed by atoms with Crippen molar-refractivity contribution >= 4 is 5.96 Å². The molecule has 6 heteroatoms. The molecular weight excluding hydrogens is 314 g/mol. The third kappa shape index (κ3) is 5.90. The van der Waals surface area contributed by atoms with Crippen LogP contribution in [0.15, 0.2) is 39.7 Å². The fourth-order valence-electron chi connectivity index (χ4n) is 2.42. The van der Waals surface area contributed by atoms with Gasteiger partial charge in [-0.25, -0.2) is 4.98 Å². The Morgan fingerprint density at radius 1 is 1.24 bits per heavy atom. The molecule has 0 saturated heterocycles. The Hall–Kier alpha value is -2.34. The van der Waals surface area contributed by atoms with E-state index in [1.807, 2.05) is 19.9 Å². The van der Waals surface area contributed by atoms with Crippen LogP contribution in [0.1, 0.15) is 29.8 Å². The molecule has 0 bridgehead atoms. The van der Waals surface area contributed by atoms with Crippen LogP contribution in [0.3, 0.4) is 0 Å². The quantitative estimate of drug-likeness (QED) is 0.597. The summed E-state index contributed by atoms with van der Waals surface area (Å²) < 4.78 is 5.57. The van der Waals surface area contributed by atoms with Crippen molar-refractivity contribution in [2.45, 2.75) is 39.9 Å². The van der Waals surface area contributed by atoms with Gasteiger partial charge in [0.2, 0.25) is 5.89 Å². The minimum absolute atomic E-state index is 0.366. The number of benzene rings is 1. The SMILES string of the molecule is CN=C(NCc1nc(C)c(C)o1)NCC(C)N(C)Cc1ccccc1. The first kappa shape index (κ1) is 19.0. The molecule has 136 valence electrons. The number of aryl methyl sites for hydroxylation is 2. The standard InChI is InChI=1S/C19H29N5O/c1-14(24(5)13-17-9-7-6-8-10-17)11-21-19(20-4)22-12-18-23-15(2)16(3)25-18/h6-10,14H,11-13H2,1-5H3,(H2,20,21,22). The molecule has 6 nitrogen and oxygen atoms in total. The molecule has 2 N–H and O–H groups in total. The molecule has 1 unspecified atom stereocenters. The van der Waals surface area contributed by atoms with Crippen molar-refractivity contribution in [3.63, 3.8) is 0 Å². The number of aromatic nitrogens is 1. The molecule has 1 aromatic heterocycles. The lowest BCUT2D eigenvalue weighted by Gasteiger charge is -2.25. The summed E-state index contributed by atoms with van der Waals surface area (Å²) in [5.74, 6) is 2.27. The number of rotatable bonds is 7. The topological polar surface area (TPSA) is 65.7 Å². The van der Waals surface area contributed by atoms with Crippen molar-refractivity contribution in [1.29, 1.82) is 0 Å². The number of aliphatic imine (C=N–C) groups is 1. The van der Waals surface area contributed by atoms with E-state index in [2.05, 4.69) is 63.7 Å². The van der Waals surface area contributed by atoms with Crippen LogP contribution in [0.25, 0.3) is 0 Å². The fraction of sp³-hybridized carbons (Fsp3) is 0.474. The summed E-state index contributed by atoms with van der Waals surface area (Å²) in [5.41, 5.74) is 2.24. The first-order chi connectivity index (χ1) is 12.0. The van der Waals surface area contributed by atoms with Gasteiger partial charge in [-0.15, -0.1) is 0 Å². The van der Waals surface area contributed by atoms with Gasteiger partial charge in [-0.3, -0.25) is 9.89 Å². The van der Waals surface area contributed by atoms with Crippen molar-refractivity contribution in [2.24, 2.45) is 4.99 Å². The van der Waals surface area contributed by atoms with Crippen LogP contribution in [0, 0.1) is 13.8 Å². The summed E-state index contributed by atoms with van der Waals surface area (Å²) >= 11 is 0. The van der Waals surface area contributed by atoms with Crippen LogP contribution >= 0.6 is 0 Å². The highest BCUT2D eigenvalue weighted by Crippen LogP contribution is 2.08. The highest BCUT2D eigenvalue weighted by molar-refractivity contribution is 5.79. The first-order valence-electron chi connectivity index (χ1n) is 8.61. The molecule has 1 heterocycles. The summed E-state index contributed by atoms with van der Waals surface area (Å²) in [7, 11) is 3.90. The molecule has 0 aliphatic heterocycles. The zero-order chi connectivity index (χ0) is 18.2. The molecule has 0 radical (unpaired) electrons. The predicted molar refractivity (Wildman–Crippen MR) is 102 cm³/mol. The molecule has 2 aromatic rings. The molecule has 0 spiro atoms. The number of oxazole rings is 1. The van der Waals surface area contributed by atoms with Gasteiger partial charge in [-0.2, -0.15) is 0 Å². The Morgan fingerprint density at radius 3 is 2.56 bits per heavy atom. The van der Waals surface area contributed by atoms with Crippen LogP contribution in [-0.2, 0) is 13.1 Å². The smallest absolute Gasteiger partial charge is 0.214 e. The maximum atomic E-state index is 5.57. The van der Waals surface area contributed by atoms with Gasteiger partial charge in [-0.1, -0.05) is 30.3 Å². The third-order valence-corrected chi connectivity index (χ3v) is 4.30. The number of nitrogens with zero attached hydrogens (tertiary/aromatic N) is 3. The van der Waals surface area contributed by atoms with Crippen LogP contribution < -0.4 is 10.6 Å². The second kappa shape index (κ2) is 9.22. The molecule has 0 fully saturated rings. The monoisotopic (exact) mass is 343 g/mol. The number of hydrogen-bond acceptors (Lipinski definition) is 4. The molecule has 0 aliphatic carbocycles. The van der Waals surface area contributed by atoms with Gasteiger partial charge in [0, 0.05) is 26.2 Å². The summed E-state index contributed by atoms with van der Waals surface area (Å²) in [6.07, 6.45) is 0. The van der Waals surface area contributed by atoms with Gasteiger partial charge < -0.3 is 15.1 Å². The van der Waals surface area contributed by atoms with E-state index in [0.717, 1.165) is 30.5 Å². The second-order valence-electron chi connectivity index (χ2n) is 6.31. The lowest BCUT2D eigenvalue weighted by atomic mass is 10.2. The van der Waals surface area contributed by atoms with Crippen LogP contribution in [0.4, 0.5) is 0 Å². The van der Waals surface area contributed by atoms with Gasteiger partial charge in [0.25, 0.3) is 0 Å².